The van der Waals surface area contributed by atoms with E-state index < -0.39 is 29.7 Å². The van der Waals surface area contributed by atoms with Crippen molar-refractivity contribution in [3.05, 3.63) is 0 Å². The monoisotopic (exact) mass is 341 g/mol. The highest BCUT2D eigenvalue weighted by atomic mass is 16.6. The van der Waals surface area contributed by atoms with Crippen molar-refractivity contribution in [1.29, 1.82) is 0 Å². The third-order valence-corrected chi connectivity index (χ3v) is 3.98. The van der Waals surface area contributed by atoms with Crippen LogP contribution in [0.1, 0.15) is 46.5 Å². The number of carbonyl (C=O) groups excluding carboxylic acids is 3. The van der Waals surface area contributed by atoms with Crippen LogP contribution in [0.25, 0.3) is 0 Å². The molecule has 1 saturated heterocycles. The molecule has 0 spiro atoms. The molecule has 1 saturated carbocycles. The molecule has 3 amide bonds. The number of hydrogen-bond acceptors (Lipinski definition) is 5. The molecule has 1 aliphatic carbocycles. The molecular formula is C16H27N3O5. The molecule has 0 aromatic carbocycles. The molecule has 0 radical (unpaired) electrons. The number of carbonyl (C=O) groups is 3. The van der Waals surface area contributed by atoms with E-state index in [2.05, 4.69) is 16.0 Å². The summed E-state index contributed by atoms with van der Waals surface area (Å²) in [6.07, 6.45) is 0.448. The summed E-state index contributed by atoms with van der Waals surface area (Å²) in [5.41, 5.74) is -0.694. The number of rotatable bonds is 6. The standard InChI is InChI=1S/C16H27N3O5/c1-16(2,3)24-15(23)19-11(8-9-6-7-17-13(9)21)12(20)14(22)18-10-4-5-10/h9-12,20H,4-8H2,1-3H3,(H,17,21)(H,18,22)(H,19,23)/t9-,11-,12?/m0/s1. The van der Waals surface area contributed by atoms with Gasteiger partial charge in [-0.15, -0.1) is 0 Å². The molecule has 1 unspecified atom stereocenters. The topological polar surface area (TPSA) is 117 Å². The van der Waals surface area contributed by atoms with E-state index in [1.165, 1.54) is 0 Å². The molecule has 4 N–H and O–H groups in total. The van der Waals surface area contributed by atoms with Crippen LogP contribution >= 0.6 is 0 Å². The van der Waals surface area contributed by atoms with E-state index in [1.54, 1.807) is 20.8 Å². The van der Waals surface area contributed by atoms with Crippen molar-refractivity contribution < 1.29 is 24.2 Å². The highest BCUT2D eigenvalue weighted by Crippen LogP contribution is 2.21. The summed E-state index contributed by atoms with van der Waals surface area (Å²) in [5, 5.41) is 18.3. The highest BCUT2D eigenvalue weighted by molar-refractivity contribution is 5.84. The average molecular weight is 341 g/mol. The maximum Gasteiger partial charge on any atom is 0.407 e. The van der Waals surface area contributed by atoms with Gasteiger partial charge < -0.3 is 25.8 Å². The number of alkyl carbamates (subject to hydrolysis) is 1. The van der Waals surface area contributed by atoms with Crippen LogP contribution in [0.4, 0.5) is 4.79 Å². The third-order valence-electron chi connectivity index (χ3n) is 3.98. The van der Waals surface area contributed by atoms with Crippen LogP contribution in [0.5, 0.6) is 0 Å². The van der Waals surface area contributed by atoms with E-state index >= 15 is 0 Å². The molecule has 0 aromatic rings. The van der Waals surface area contributed by atoms with E-state index in [0.717, 1.165) is 12.8 Å². The molecule has 2 rings (SSSR count). The smallest absolute Gasteiger partial charge is 0.407 e. The van der Waals surface area contributed by atoms with E-state index in [1.807, 2.05) is 0 Å². The fourth-order valence-corrected chi connectivity index (χ4v) is 2.60. The van der Waals surface area contributed by atoms with Gasteiger partial charge >= 0.3 is 6.09 Å². The molecular weight excluding hydrogens is 314 g/mol. The van der Waals surface area contributed by atoms with Gasteiger partial charge in [0.05, 0.1) is 6.04 Å². The van der Waals surface area contributed by atoms with Crippen molar-refractivity contribution in [2.45, 2.75) is 70.2 Å². The van der Waals surface area contributed by atoms with Gasteiger partial charge in [-0.3, -0.25) is 9.59 Å². The van der Waals surface area contributed by atoms with Crippen molar-refractivity contribution in [3.8, 4) is 0 Å². The molecule has 136 valence electrons. The van der Waals surface area contributed by atoms with Gasteiger partial charge in [0.25, 0.3) is 5.91 Å². The van der Waals surface area contributed by atoms with Crippen molar-refractivity contribution in [3.63, 3.8) is 0 Å². The molecule has 8 heteroatoms. The predicted octanol–water partition coefficient (Wildman–Crippen LogP) is 0.0454. The van der Waals surface area contributed by atoms with E-state index in [-0.39, 0.29) is 24.3 Å². The molecule has 1 aliphatic heterocycles. The lowest BCUT2D eigenvalue weighted by Crippen LogP contribution is -2.52. The van der Waals surface area contributed by atoms with Crippen molar-refractivity contribution in [2.75, 3.05) is 6.54 Å². The molecule has 2 fully saturated rings. The second-order valence-corrected chi connectivity index (χ2v) is 7.49. The van der Waals surface area contributed by atoms with Crippen molar-refractivity contribution in [2.24, 2.45) is 5.92 Å². The Hall–Kier alpha value is -1.83. The normalized spacial score (nSPS) is 23.2. The van der Waals surface area contributed by atoms with Crippen LogP contribution in [-0.4, -0.2) is 53.3 Å². The lowest BCUT2D eigenvalue weighted by molar-refractivity contribution is -0.132. The van der Waals surface area contributed by atoms with Crippen LogP contribution in [0.3, 0.4) is 0 Å². The van der Waals surface area contributed by atoms with Gasteiger partial charge in [0.2, 0.25) is 5.91 Å². The van der Waals surface area contributed by atoms with Gasteiger partial charge in [-0.1, -0.05) is 0 Å². The fourth-order valence-electron chi connectivity index (χ4n) is 2.60. The van der Waals surface area contributed by atoms with E-state index in [9.17, 15) is 19.5 Å². The average Bonchev–Trinajstić information content (AvgIpc) is 3.17. The number of aliphatic hydroxyl groups is 1. The molecule has 0 bridgehead atoms. The maximum atomic E-state index is 12.1. The van der Waals surface area contributed by atoms with Crippen LogP contribution in [-0.2, 0) is 14.3 Å². The summed E-state index contributed by atoms with van der Waals surface area (Å²) in [4.78, 5) is 35.9. The highest BCUT2D eigenvalue weighted by Gasteiger charge is 2.36. The first-order valence-corrected chi connectivity index (χ1v) is 8.41. The molecule has 8 nitrogen and oxygen atoms in total. The summed E-state index contributed by atoms with van der Waals surface area (Å²) < 4.78 is 5.19. The fraction of sp³-hybridized carbons (Fsp3) is 0.812. The first-order valence-electron chi connectivity index (χ1n) is 8.41. The Kier molecular flexibility index (Phi) is 5.69. The summed E-state index contributed by atoms with van der Waals surface area (Å²) in [6.45, 7) is 5.74. The first kappa shape index (κ1) is 18.5. The lowest BCUT2D eigenvalue weighted by atomic mass is 9.94. The number of hydrogen-bond donors (Lipinski definition) is 4. The number of ether oxygens (including phenoxy) is 1. The van der Waals surface area contributed by atoms with E-state index in [0.29, 0.717) is 13.0 Å². The zero-order valence-corrected chi connectivity index (χ0v) is 14.4. The molecule has 1 heterocycles. The second-order valence-electron chi connectivity index (χ2n) is 7.49. The summed E-state index contributed by atoms with van der Waals surface area (Å²) >= 11 is 0. The van der Waals surface area contributed by atoms with Crippen LogP contribution < -0.4 is 16.0 Å². The number of aliphatic hydroxyl groups excluding tert-OH is 1. The Morgan fingerprint density at radius 2 is 2.00 bits per heavy atom. The van der Waals surface area contributed by atoms with Crippen molar-refractivity contribution in [1.82, 2.24) is 16.0 Å². The van der Waals surface area contributed by atoms with Crippen LogP contribution in [0.2, 0.25) is 0 Å². The number of nitrogens with one attached hydrogen (secondary N) is 3. The SMILES string of the molecule is CC(C)(C)OC(=O)N[C@@H](C[C@@H]1CCNC1=O)C(O)C(=O)NC1CC1. The van der Waals surface area contributed by atoms with Gasteiger partial charge in [0.1, 0.15) is 5.60 Å². The van der Waals surface area contributed by atoms with Gasteiger partial charge in [-0.05, 0) is 46.5 Å². The molecule has 2 aliphatic rings. The van der Waals surface area contributed by atoms with E-state index in [4.69, 9.17) is 4.74 Å². The lowest BCUT2D eigenvalue weighted by Gasteiger charge is -2.27. The van der Waals surface area contributed by atoms with Crippen LogP contribution in [0, 0.1) is 5.92 Å². The van der Waals surface area contributed by atoms with Gasteiger partial charge in [0, 0.05) is 18.5 Å². The van der Waals surface area contributed by atoms with Gasteiger partial charge in [-0.25, -0.2) is 4.79 Å². The Bertz CT molecular complexity index is 498. The molecule has 0 aromatic heterocycles. The van der Waals surface area contributed by atoms with Gasteiger partial charge in [0.15, 0.2) is 6.10 Å². The minimum Gasteiger partial charge on any atom is -0.444 e. The van der Waals surface area contributed by atoms with Crippen molar-refractivity contribution >= 4 is 17.9 Å². The van der Waals surface area contributed by atoms with Crippen LogP contribution in [0.15, 0.2) is 0 Å². The summed E-state index contributed by atoms with van der Waals surface area (Å²) in [5.74, 6) is -0.994. The first-order chi connectivity index (χ1) is 11.2. The summed E-state index contributed by atoms with van der Waals surface area (Å²) in [7, 11) is 0. The molecule has 3 atom stereocenters. The Morgan fingerprint density at radius 1 is 1.33 bits per heavy atom. The maximum absolute atomic E-state index is 12.1. The number of amides is 3. The molecule has 24 heavy (non-hydrogen) atoms. The zero-order valence-electron chi connectivity index (χ0n) is 14.4. The second kappa shape index (κ2) is 7.38. The predicted molar refractivity (Wildman–Crippen MR) is 86.1 cm³/mol. The Morgan fingerprint density at radius 3 is 2.50 bits per heavy atom. The Balaban J connectivity index is 2.00. The Labute approximate surface area is 141 Å². The summed E-state index contributed by atoms with van der Waals surface area (Å²) in [6, 6.07) is -0.781. The van der Waals surface area contributed by atoms with Gasteiger partial charge in [-0.2, -0.15) is 0 Å². The minimum atomic E-state index is -1.42. The largest absolute Gasteiger partial charge is 0.444 e. The minimum absolute atomic E-state index is 0.101. The third kappa shape index (κ3) is 5.67. The zero-order chi connectivity index (χ0) is 17.9. The quantitative estimate of drug-likeness (QED) is 0.544.